The smallest absolute Gasteiger partial charge is 0.251 e. The zero-order chi connectivity index (χ0) is 11.1. The molecule has 3 nitrogen and oxygen atoms in total. The van der Waals surface area contributed by atoms with Crippen LogP contribution in [0.15, 0.2) is 24.3 Å². The molecule has 16 heavy (non-hydrogen) atoms. The Morgan fingerprint density at radius 1 is 1.25 bits per heavy atom. The molecule has 0 radical (unpaired) electrons. The summed E-state index contributed by atoms with van der Waals surface area (Å²) >= 11 is 5.72. The predicted octanol–water partition coefficient (Wildman–Crippen LogP) is 2.23. The predicted molar refractivity (Wildman–Crippen MR) is 69.3 cm³/mol. The van der Waals surface area contributed by atoms with E-state index < -0.39 is 0 Å². The quantitative estimate of drug-likeness (QED) is 0.800. The highest BCUT2D eigenvalue weighted by atomic mass is 35.5. The van der Waals surface area contributed by atoms with Crippen LogP contribution in [-0.2, 0) is 0 Å². The van der Waals surface area contributed by atoms with E-state index in [-0.39, 0.29) is 18.3 Å². The van der Waals surface area contributed by atoms with Crippen molar-refractivity contribution < 1.29 is 4.79 Å². The summed E-state index contributed by atoms with van der Waals surface area (Å²) in [5.41, 5.74) is 5.98. The summed E-state index contributed by atoms with van der Waals surface area (Å²) in [6.45, 7) is 1.33. The molecule has 1 aromatic carbocycles. The standard InChI is InChI=1S/C11H15ClN2O.ClH/c12-10-5-3-9(4-6-10)11(15)14-8-2-1-7-13;/h3-6H,1-2,7-8,13H2,(H,14,15);1H. The van der Waals surface area contributed by atoms with E-state index >= 15 is 0 Å². The van der Waals surface area contributed by atoms with E-state index in [1.165, 1.54) is 0 Å². The lowest BCUT2D eigenvalue weighted by Crippen LogP contribution is -2.24. The van der Waals surface area contributed by atoms with Gasteiger partial charge in [-0.25, -0.2) is 0 Å². The van der Waals surface area contributed by atoms with Crippen molar-refractivity contribution in [2.45, 2.75) is 12.8 Å². The van der Waals surface area contributed by atoms with Gasteiger partial charge in [-0.15, -0.1) is 12.4 Å². The van der Waals surface area contributed by atoms with Crippen LogP contribution in [0.5, 0.6) is 0 Å². The Labute approximate surface area is 107 Å². The Morgan fingerprint density at radius 3 is 2.44 bits per heavy atom. The average molecular weight is 263 g/mol. The van der Waals surface area contributed by atoms with E-state index in [1.807, 2.05) is 0 Å². The molecule has 0 atom stereocenters. The van der Waals surface area contributed by atoms with E-state index in [2.05, 4.69) is 5.32 Å². The minimum atomic E-state index is -0.0660. The van der Waals surface area contributed by atoms with Crippen molar-refractivity contribution in [3.8, 4) is 0 Å². The van der Waals surface area contributed by atoms with Gasteiger partial charge in [-0.2, -0.15) is 0 Å². The van der Waals surface area contributed by atoms with Gasteiger partial charge in [-0.1, -0.05) is 11.6 Å². The highest BCUT2D eigenvalue weighted by Crippen LogP contribution is 2.09. The molecular weight excluding hydrogens is 247 g/mol. The Bertz CT molecular complexity index is 314. The van der Waals surface area contributed by atoms with Gasteiger partial charge in [0.15, 0.2) is 0 Å². The number of carbonyl (C=O) groups excluding carboxylic acids is 1. The Hall–Kier alpha value is -0.770. The highest BCUT2D eigenvalue weighted by Gasteiger charge is 2.03. The van der Waals surface area contributed by atoms with Crippen molar-refractivity contribution in [1.29, 1.82) is 0 Å². The zero-order valence-electron chi connectivity index (χ0n) is 8.91. The van der Waals surface area contributed by atoms with Crippen molar-refractivity contribution in [1.82, 2.24) is 5.32 Å². The number of hydrogen-bond acceptors (Lipinski definition) is 2. The van der Waals surface area contributed by atoms with E-state index in [0.717, 1.165) is 12.8 Å². The number of halogens is 2. The Morgan fingerprint density at radius 2 is 1.88 bits per heavy atom. The van der Waals surface area contributed by atoms with Gasteiger partial charge in [-0.05, 0) is 43.7 Å². The van der Waals surface area contributed by atoms with Crippen molar-refractivity contribution in [3.05, 3.63) is 34.9 Å². The van der Waals surface area contributed by atoms with Crippen LogP contribution in [0.1, 0.15) is 23.2 Å². The minimum absolute atomic E-state index is 0. The van der Waals surface area contributed by atoms with Gasteiger partial charge in [0.1, 0.15) is 0 Å². The van der Waals surface area contributed by atoms with Gasteiger partial charge in [-0.3, -0.25) is 4.79 Å². The van der Waals surface area contributed by atoms with Gasteiger partial charge in [0.2, 0.25) is 0 Å². The molecule has 5 heteroatoms. The summed E-state index contributed by atoms with van der Waals surface area (Å²) in [5, 5.41) is 3.45. The van der Waals surface area contributed by atoms with Crippen LogP contribution in [-0.4, -0.2) is 19.0 Å². The van der Waals surface area contributed by atoms with E-state index in [4.69, 9.17) is 17.3 Å². The van der Waals surface area contributed by atoms with Crippen molar-refractivity contribution in [3.63, 3.8) is 0 Å². The minimum Gasteiger partial charge on any atom is -0.352 e. The fourth-order valence-corrected chi connectivity index (χ4v) is 1.30. The fraction of sp³-hybridized carbons (Fsp3) is 0.364. The van der Waals surface area contributed by atoms with Gasteiger partial charge < -0.3 is 11.1 Å². The summed E-state index contributed by atoms with van der Waals surface area (Å²) in [6.07, 6.45) is 1.84. The highest BCUT2D eigenvalue weighted by molar-refractivity contribution is 6.30. The zero-order valence-corrected chi connectivity index (χ0v) is 10.5. The maximum Gasteiger partial charge on any atom is 0.251 e. The Balaban J connectivity index is 0.00000225. The number of rotatable bonds is 5. The first-order valence-electron chi connectivity index (χ1n) is 4.98. The molecule has 0 aliphatic rings. The molecule has 90 valence electrons. The SMILES string of the molecule is Cl.NCCCCNC(=O)c1ccc(Cl)cc1. The van der Waals surface area contributed by atoms with E-state index in [9.17, 15) is 4.79 Å². The van der Waals surface area contributed by atoms with Gasteiger partial charge in [0.25, 0.3) is 5.91 Å². The molecule has 1 aromatic rings. The van der Waals surface area contributed by atoms with Crippen LogP contribution in [0.4, 0.5) is 0 Å². The summed E-state index contributed by atoms with van der Waals surface area (Å²) in [4.78, 5) is 11.5. The third-order valence-corrected chi connectivity index (χ3v) is 2.27. The molecule has 1 amide bonds. The normalized spacial score (nSPS) is 9.38. The molecule has 0 heterocycles. The van der Waals surface area contributed by atoms with Crippen LogP contribution in [0, 0.1) is 0 Å². The van der Waals surface area contributed by atoms with Crippen LogP contribution < -0.4 is 11.1 Å². The molecule has 0 aliphatic heterocycles. The lowest BCUT2D eigenvalue weighted by atomic mass is 10.2. The first kappa shape index (κ1) is 15.2. The monoisotopic (exact) mass is 262 g/mol. The summed E-state index contributed by atoms with van der Waals surface area (Å²) < 4.78 is 0. The van der Waals surface area contributed by atoms with Crippen LogP contribution in [0.3, 0.4) is 0 Å². The average Bonchev–Trinajstić information content (AvgIpc) is 2.25. The van der Waals surface area contributed by atoms with E-state index in [1.54, 1.807) is 24.3 Å². The van der Waals surface area contributed by atoms with Crippen LogP contribution >= 0.6 is 24.0 Å². The van der Waals surface area contributed by atoms with Crippen molar-refractivity contribution >= 4 is 29.9 Å². The largest absolute Gasteiger partial charge is 0.352 e. The topological polar surface area (TPSA) is 55.1 Å². The number of nitrogens with two attached hydrogens (primary N) is 1. The Kier molecular flexibility index (Phi) is 7.99. The molecule has 1 rings (SSSR count). The van der Waals surface area contributed by atoms with Crippen molar-refractivity contribution in [2.24, 2.45) is 5.73 Å². The third kappa shape index (κ3) is 5.35. The number of unbranched alkanes of at least 4 members (excludes halogenated alkanes) is 1. The van der Waals surface area contributed by atoms with Gasteiger partial charge >= 0.3 is 0 Å². The molecule has 0 bridgehead atoms. The molecule has 0 saturated heterocycles. The summed E-state index contributed by atoms with van der Waals surface area (Å²) in [6, 6.07) is 6.83. The second-order valence-electron chi connectivity index (χ2n) is 3.26. The first-order chi connectivity index (χ1) is 7.24. The van der Waals surface area contributed by atoms with Gasteiger partial charge in [0, 0.05) is 17.1 Å². The third-order valence-electron chi connectivity index (χ3n) is 2.02. The lowest BCUT2D eigenvalue weighted by molar-refractivity contribution is 0.0953. The van der Waals surface area contributed by atoms with Crippen LogP contribution in [0.25, 0.3) is 0 Å². The number of carbonyl (C=O) groups is 1. The molecule has 0 aliphatic carbocycles. The summed E-state index contributed by atoms with van der Waals surface area (Å²) in [5.74, 6) is -0.0660. The number of nitrogens with one attached hydrogen (secondary N) is 1. The van der Waals surface area contributed by atoms with E-state index in [0.29, 0.717) is 23.7 Å². The molecule has 0 spiro atoms. The first-order valence-corrected chi connectivity index (χ1v) is 5.35. The maximum atomic E-state index is 11.5. The second-order valence-corrected chi connectivity index (χ2v) is 3.70. The number of amides is 1. The fourth-order valence-electron chi connectivity index (χ4n) is 1.17. The van der Waals surface area contributed by atoms with Crippen LogP contribution in [0.2, 0.25) is 5.02 Å². The number of benzene rings is 1. The molecule has 0 aromatic heterocycles. The molecular formula is C11H16Cl2N2O. The maximum absolute atomic E-state index is 11.5. The van der Waals surface area contributed by atoms with Crippen molar-refractivity contribution in [2.75, 3.05) is 13.1 Å². The lowest BCUT2D eigenvalue weighted by Gasteiger charge is -2.04. The molecule has 0 fully saturated rings. The molecule has 3 N–H and O–H groups in total. The molecule has 0 saturated carbocycles. The van der Waals surface area contributed by atoms with Gasteiger partial charge in [0.05, 0.1) is 0 Å². The summed E-state index contributed by atoms with van der Waals surface area (Å²) in [7, 11) is 0. The second kappa shape index (κ2) is 8.39. The number of hydrogen-bond donors (Lipinski definition) is 2. The molecule has 0 unspecified atom stereocenters.